The van der Waals surface area contributed by atoms with Crippen molar-refractivity contribution in [2.24, 2.45) is 0 Å². The summed E-state index contributed by atoms with van der Waals surface area (Å²) in [7, 11) is 0. The van der Waals surface area contributed by atoms with Crippen LogP contribution in [0.15, 0.2) is 36.4 Å². The molecule has 0 bridgehead atoms. The summed E-state index contributed by atoms with van der Waals surface area (Å²) < 4.78 is 94.0. The minimum atomic E-state index is -4.84. The fraction of sp³-hybridized carbons (Fsp3) is 0.0556. The number of alkyl halides is 3. The molecule has 0 spiro atoms. The van der Waals surface area contributed by atoms with Crippen LogP contribution in [0.4, 0.5) is 53.7 Å². The topological polar surface area (TPSA) is 78.5 Å². The lowest BCUT2D eigenvalue weighted by molar-refractivity contribution is -0.144. The van der Waals surface area contributed by atoms with E-state index in [1.54, 1.807) is 0 Å². The highest BCUT2D eigenvalue weighted by atomic mass is 19.4. The quantitative estimate of drug-likeness (QED) is 0.368. The Labute approximate surface area is 168 Å². The first-order chi connectivity index (χ1) is 14.6. The number of benzene rings is 2. The predicted octanol–water partition coefficient (Wildman–Crippen LogP) is 5.42. The van der Waals surface area contributed by atoms with Crippen molar-refractivity contribution in [2.45, 2.75) is 6.18 Å². The van der Waals surface area contributed by atoms with E-state index in [1.807, 2.05) is 4.98 Å². The second-order valence-corrected chi connectivity index (χ2v) is 6.13. The maximum absolute atomic E-state index is 14.1. The van der Waals surface area contributed by atoms with Crippen LogP contribution in [0.2, 0.25) is 0 Å². The Balaban J connectivity index is 1.85. The molecule has 2 aromatic heterocycles. The van der Waals surface area contributed by atoms with Crippen LogP contribution < -0.4 is 10.6 Å². The highest BCUT2D eigenvalue weighted by Gasteiger charge is 2.35. The first kappa shape index (κ1) is 20.4. The van der Waals surface area contributed by atoms with E-state index < -0.39 is 69.6 Å². The number of imidazole rings is 1. The molecule has 0 aliphatic carbocycles. The molecule has 0 aliphatic rings. The lowest BCUT2D eigenvalue weighted by Crippen LogP contribution is -2.06. The summed E-state index contributed by atoms with van der Waals surface area (Å²) in [6, 6.07) is 6.29. The van der Waals surface area contributed by atoms with Gasteiger partial charge in [-0.2, -0.15) is 13.2 Å². The Bertz CT molecular complexity index is 1190. The number of H-pyrrole nitrogens is 1. The summed E-state index contributed by atoms with van der Waals surface area (Å²) in [5.74, 6) is -7.23. The van der Waals surface area contributed by atoms with Gasteiger partial charge in [0.05, 0.1) is 11.4 Å². The molecule has 0 atom stereocenters. The standard InChI is InChI=1S/C18H9F7N6/c19-7-3-1-5-9(11(7)21)26-13-14(27-10-6-2-4-8(20)12(10)22)29-16-15(28-13)30-17(31-16)18(23,24)25/h1-6H,(H3,26,27,28,29,30,31). The van der Waals surface area contributed by atoms with Crippen molar-refractivity contribution < 1.29 is 30.7 Å². The van der Waals surface area contributed by atoms with Crippen LogP contribution >= 0.6 is 0 Å². The Morgan fingerprint density at radius 1 is 0.710 bits per heavy atom. The number of halogens is 7. The number of rotatable bonds is 4. The zero-order valence-electron chi connectivity index (χ0n) is 15.0. The van der Waals surface area contributed by atoms with E-state index in [0.29, 0.717) is 0 Å². The predicted molar refractivity (Wildman–Crippen MR) is 96.0 cm³/mol. The van der Waals surface area contributed by atoms with Gasteiger partial charge in [-0.05, 0) is 24.3 Å². The van der Waals surface area contributed by atoms with Gasteiger partial charge in [0, 0.05) is 0 Å². The molecule has 3 N–H and O–H groups in total. The molecule has 13 heteroatoms. The molecule has 4 aromatic rings. The highest BCUT2D eigenvalue weighted by Crippen LogP contribution is 2.32. The van der Waals surface area contributed by atoms with Gasteiger partial charge < -0.3 is 15.6 Å². The zero-order chi connectivity index (χ0) is 22.3. The van der Waals surface area contributed by atoms with Crippen molar-refractivity contribution in [1.82, 2.24) is 19.9 Å². The van der Waals surface area contributed by atoms with Gasteiger partial charge >= 0.3 is 6.18 Å². The molecule has 0 amide bonds. The van der Waals surface area contributed by atoms with Crippen LogP contribution in [0.5, 0.6) is 0 Å². The summed E-state index contributed by atoms with van der Waals surface area (Å²) >= 11 is 0. The molecular weight excluding hydrogens is 433 g/mol. The summed E-state index contributed by atoms with van der Waals surface area (Å²) in [5, 5.41) is 4.75. The van der Waals surface area contributed by atoms with E-state index in [0.717, 1.165) is 24.3 Å². The SMILES string of the molecule is Fc1cccc(Nc2nc3nc(C(F)(F)F)[nH]c3nc2Nc2cccc(F)c2F)c1F. The number of aromatic amines is 1. The largest absolute Gasteiger partial charge is 0.449 e. The number of hydrogen-bond donors (Lipinski definition) is 3. The Kier molecular flexibility index (Phi) is 4.87. The lowest BCUT2D eigenvalue weighted by Gasteiger charge is -2.13. The average molecular weight is 442 g/mol. The Hall–Kier alpha value is -3.90. The maximum Gasteiger partial charge on any atom is 0.449 e. The van der Waals surface area contributed by atoms with Crippen molar-refractivity contribution >= 4 is 34.3 Å². The van der Waals surface area contributed by atoms with Gasteiger partial charge in [-0.3, -0.25) is 0 Å². The normalized spacial score (nSPS) is 11.7. The average Bonchev–Trinajstić information content (AvgIpc) is 3.12. The summed E-state index contributed by atoms with van der Waals surface area (Å²) in [5.41, 5.74) is -1.79. The second kappa shape index (κ2) is 7.41. The fourth-order valence-corrected chi connectivity index (χ4v) is 2.60. The van der Waals surface area contributed by atoms with Gasteiger partial charge in [0.2, 0.25) is 5.82 Å². The second-order valence-electron chi connectivity index (χ2n) is 6.13. The fourth-order valence-electron chi connectivity index (χ4n) is 2.60. The lowest BCUT2D eigenvalue weighted by atomic mass is 10.2. The van der Waals surface area contributed by atoms with Gasteiger partial charge in [0.1, 0.15) is 0 Å². The van der Waals surface area contributed by atoms with Crippen LogP contribution in [-0.2, 0) is 6.18 Å². The van der Waals surface area contributed by atoms with E-state index in [1.165, 1.54) is 12.1 Å². The molecule has 4 rings (SSSR count). The van der Waals surface area contributed by atoms with Crippen molar-refractivity contribution in [2.75, 3.05) is 10.6 Å². The molecule has 0 radical (unpaired) electrons. The van der Waals surface area contributed by atoms with Crippen LogP contribution in [0.1, 0.15) is 5.82 Å². The molecule has 0 unspecified atom stereocenters. The first-order valence-corrected chi connectivity index (χ1v) is 8.40. The molecule has 0 aliphatic heterocycles. The Morgan fingerprint density at radius 3 is 1.74 bits per heavy atom. The smallest absolute Gasteiger partial charge is 0.335 e. The van der Waals surface area contributed by atoms with E-state index in [9.17, 15) is 30.7 Å². The van der Waals surface area contributed by atoms with Crippen LogP contribution in [0.3, 0.4) is 0 Å². The van der Waals surface area contributed by atoms with Crippen LogP contribution in [0, 0.1) is 23.3 Å². The van der Waals surface area contributed by atoms with Crippen molar-refractivity contribution in [1.29, 1.82) is 0 Å². The molecule has 0 saturated carbocycles. The van der Waals surface area contributed by atoms with E-state index in [2.05, 4.69) is 25.6 Å². The van der Waals surface area contributed by atoms with Gasteiger partial charge in [0.15, 0.2) is 46.2 Å². The monoisotopic (exact) mass is 442 g/mol. The van der Waals surface area contributed by atoms with Crippen molar-refractivity contribution in [3.8, 4) is 0 Å². The van der Waals surface area contributed by atoms with Gasteiger partial charge in [-0.1, -0.05) is 12.1 Å². The Morgan fingerprint density at radius 2 is 1.23 bits per heavy atom. The summed E-state index contributed by atoms with van der Waals surface area (Å²) in [4.78, 5) is 12.9. The van der Waals surface area contributed by atoms with Crippen LogP contribution in [0.25, 0.3) is 11.3 Å². The first-order valence-electron chi connectivity index (χ1n) is 8.40. The van der Waals surface area contributed by atoms with E-state index in [4.69, 9.17) is 0 Å². The molecule has 160 valence electrons. The van der Waals surface area contributed by atoms with Crippen LogP contribution in [-0.4, -0.2) is 19.9 Å². The molecule has 2 heterocycles. The minimum absolute atomic E-state index is 0.405. The minimum Gasteiger partial charge on any atom is -0.335 e. The van der Waals surface area contributed by atoms with Gasteiger partial charge in [0.25, 0.3) is 0 Å². The molecule has 0 saturated heterocycles. The summed E-state index contributed by atoms with van der Waals surface area (Å²) in [6.07, 6.45) is -4.84. The third-order valence-corrected chi connectivity index (χ3v) is 4.01. The molecule has 6 nitrogen and oxygen atoms in total. The van der Waals surface area contributed by atoms with Gasteiger partial charge in [-0.25, -0.2) is 32.5 Å². The maximum atomic E-state index is 14.1. The highest BCUT2D eigenvalue weighted by molar-refractivity contribution is 5.80. The number of nitrogens with zero attached hydrogens (tertiary/aromatic N) is 3. The van der Waals surface area contributed by atoms with Crippen molar-refractivity contribution in [3.05, 3.63) is 65.5 Å². The number of anilines is 4. The molecular formula is C18H9F7N6. The third-order valence-electron chi connectivity index (χ3n) is 4.01. The third kappa shape index (κ3) is 3.93. The number of aromatic nitrogens is 4. The molecule has 2 aromatic carbocycles. The molecule has 31 heavy (non-hydrogen) atoms. The zero-order valence-corrected chi connectivity index (χ0v) is 15.0. The molecule has 0 fully saturated rings. The van der Waals surface area contributed by atoms with Crippen molar-refractivity contribution in [3.63, 3.8) is 0 Å². The van der Waals surface area contributed by atoms with E-state index >= 15 is 0 Å². The number of nitrogens with one attached hydrogen (secondary N) is 3. The number of fused-ring (bicyclic) bond motifs is 1. The van der Waals surface area contributed by atoms with E-state index in [-0.39, 0.29) is 0 Å². The number of hydrogen-bond acceptors (Lipinski definition) is 5. The van der Waals surface area contributed by atoms with Gasteiger partial charge in [-0.15, -0.1) is 0 Å². The summed E-state index contributed by atoms with van der Waals surface area (Å²) in [6.45, 7) is 0.